The summed E-state index contributed by atoms with van der Waals surface area (Å²) in [5, 5.41) is 5.95. The minimum atomic E-state index is -0.156. The second kappa shape index (κ2) is 9.68. The quantitative estimate of drug-likeness (QED) is 0.720. The van der Waals surface area contributed by atoms with E-state index < -0.39 is 0 Å². The fourth-order valence-corrected chi connectivity index (χ4v) is 2.38. The van der Waals surface area contributed by atoms with Crippen LogP contribution in [0.3, 0.4) is 0 Å². The molecule has 26 heavy (non-hydrogen) atoms. The maximum absolute atomic E-state index is 12.2. The molecule has 0 aliphatic carbocycles. The van der Waals surface area contributed by atoms with Crippen molar-refractivity contribution in [3.8, 4) is 17.2 Å². The molecule has 2 aromatic rings. The molecule has 0 saturated carbocycles. The Morgan fingerprint density at radius 1 is 1.00 bits per heavy atom. The van der Waals surface area contributed by atoms with Crippen LogP contribution >= 0.6 is 0 Å². The molecule has 2 rings (SSSR count). The van der Waals surface area contributed by atoms with Gasteiger partial charge in [0.15, 0.2) is 0 Å². The van der Waals surface area contributed by atoms with E-state index in [-0.39, 0.29) is 18.6 Å². The van der Waals surface area contributed by atoms with E-state index in [9.17, 15) is 4.79 Å². The molecule has 1 amide bonds. The number of hydrogen-bond donors (Lipinski definition) is 2. The third kappa shape index (κ3) is 5.97. The van der Waals surface area contributed by atoms with E-state index >= 15 is 0 Å². The summed E-state index contributed by atoms with van der Waals surface area (Å²) in [5.74, 6) is 1.92. The van der Waals surface area contributed by atoms with Crippen LogP contribution in [0, 0.1) is 0 Å². The highest BCUT2D eigenvalue weighted by Gasteiger charge is 2.09. The Balaban J connectivity index is 1.84. The maximum atomic E-state index is 12.2. The summed E-state index contributed by atoms with van der Waals surface area (Å²) in [6, 6.07) is 13.1. The third-order valence-electron chi connectivity index (χ3n) is 3.59. The zero-order chi connectivity index (χ0) is 18.9. The Morgan fingerprint density at radius 3 is 2.31 bits per heavy atom. The van der Waals surface area contributed by atoms with Gasteiger partial charge in [0.25, 0.3) is 0 Å². The Labute approximate surface area is 154 Å². The smallest absolute Gasteiger partial charge is 0.238 e. The summed E-state index contributed by atoms with van der Waals surface area (Å²) in [5.41, 5.74) is 1.65. The van der Waals surface area contributed by atoms with Crippen LogP contribution in [0.5, 0.6) is 17.2 Å². The van der Waals surface area contributed by atoms with Gasteiger partial charge in [-0.3, -0.25) is 4.79 Å². The van der Waals surface area contributed by atoms with Crippen LogP contribution in [0.1, 0.15) is 19.4 Å². The Bertz CT molecular complexity index is 714. The summed E-state index contributed by atoms with van der Waals surface area (Å²) in [6.45, 7) is 4.76. The van der Waals surface area contributed by atoms with Crippen LogP contribution in [0.15, 0.2) is 42.5 Å². The number of carbonyl (C=O) groups is 1. The summed E-state index contributed by atoms with van der Waals surface area (Å²) < 4.78 is 16.0. The van der Waals surface area contributed by atoms with Gasteiger partial charge in [-0.25, -0.2) is 0 Å². The van der Waals surface area contributed by atoms with Crippen LogP contribution in [0.2, 0.25) is 0 Å². The second-order valence-electron chi connectivity index (χ2n) is 6.03. The van der Waals surface area contributed by atoms with Crippen molar-refractivity contribution in [1.29, 1.82) is 0 Å². The van der Waals surface area contributed by atoms with Gasteiger partial charge < -0.3 is 24.8 Å². The van der Waals surface area contributed by atoms with Crippen LogP contribution < -0.4 is 24.8 Å². The third-order valence-corrected chi connectivity index (χ3v) is 3.59. The fourth-order valence-electron chi connectivity index (χ4n) is 2.38. The SMILES string of the molecule is COc1ccc(OC)c(NC(=O)CNCc2ccc(OC(C)C)cc2)c1. The molecule has 6 nitrogen and oxygen atoms in total. The van der Waals surface area contributed by atoms with Crippen LogP contribution in [-0.2, 0) is 11.3 Å². The Morgan fingerprint density at radius 2 is 1.69 bits per heavy atom. The largest absolute Gasteiger partial charge is 0.497 e. The van der Waals surface area contributed by atoms with E-state index in [0.717, 1.165) is 11.3 Å². The van der Waals surface area contributed by atoms with Crippen molar-refractivity contribution in [2.75, 3.05) is 26.1 Å². The van der Waals surface area contributed by atoms with Crippen molar-refractivity contribution in [3.05, 3.63) is 48.0 Å². The van der Waals surface area contributed by atoms with Gasteiger partial charge in [-0.2, -0.15) is 0 Å². The zero-order valence-electron chi connectivity index (χ0n) is 15.7. The van der Waals surface area contributed by atoms with Gasteiger partial charge in [0.1, 0.15) is 17.2 Å². The summed E-state index contributed by atoms with van der Waals surface area (Å²) in [7, 11) is 3.13. The number of rotatable bonds is 9. The van der Waals surface area contributed by atoms with Gasteiger partial charge in [0.05, 0.1) is 32.6 Å². The highest BCUT2D eigenvalue weighted by atomic mass is 16.5. The van der Waals surface area contributed by atoms with Gasteiger partial charge in [-0.1, -0.05) is 12.1 Å². The number of anilines is 1. The van der Waals surface area contributed by atoms with Crippen molar-refractivity contribution < 1.29 is 19.0 Å². The predicted molar refractivity (Wildman–Crippen MR) is 102 cm³/mol. The first kappa shape index (κ1) is 19.6. The lowest BCUT2D eigenvalue weighted by Gasteiger charge is -2.12. The molecule has 0 spiro atoms. The van der Waals surface area contributed by atoms with Gasteiger partial charge >= 0.3 is 0 Å². The lowest BCUT2D eigenvalue weighted by Crippen LogP contribution is -2.27. The number of amides is 1. The van der Waals surface area contributed by atoms with E-state index in [1.165, 1.54) is 0 Å². The van der Waals surface area contributed by atoms with Crippen molar-refractivity contribution >= 4 is 11.6 Å². The van der Waals surface area contributed by atoms with Crippen molar-refractivity contribution in [2.45, 2.75) is 26.5 Å². The summed E-state index contributed by atoms with van der Waals surface area (Å²) >= 11 is 0. The van der Waals surface area contributed by atoms with Crippen molar-refractivity contribution in [3.63, 3.8) is 0 Å². The van der Waals surface area contributed by atoms with Crippen LogP contribution in [0.25, 0.3) is 0 Å². The van der Waals surface area contributed by atoms with Gasteiger partial charge in [-0.05, 0) is 43.7 Å². The molecule has 0 aliphatic heterocycles. The minimum Gasteiger partial charge on any atom is -0.497 e. The molecule has 0 radical (unpaired) electrons. The van der Waals surface area contributed by atoms with Crippen LogP contribution in [0.4, 0.5) is 5.69 Å². The normalized spacial score (nSPS) is 10.5. The van der Waals surface area contributed by atoms with E-state index in [0.29, 0.717) is 23.7 Å². The molecule has 0 aliphatic rings. The summed E-state index contributed by atoms with van der Waals surface area (Å²) in [6.07, 6.45) is 0.149. The highest BCUT2D eigenvalue weighted by Crippen LogP contribution is 2.28. The molecule has 0 unspecified atom stereocenters. The standard InChI is InChI=1S/C20H26N2O4/c1-14(2)26-16-7-5-15(6-8-16)12-21-13-20(23)22-18-11-17(24-3)9-10-19(18)25-4/h5-11,14,21H,12-13H2,1-4H3,(H,22,23). The molecule has 6 heteroatoms. The lowest BCUT2D eigenvalue weighted by atomic mass is 10.2. The van der Waals surface area contributed by atoms with Crippen molar-refractivity contribution in [1.82, 2.24) is 5.32 Å². The molecule has 0 heterocycles. The molecule has 0 fully saturated rings. The molecular weight excluding hydrogens is 332 g/mol. The average molecular weight is 358 g/mol. The highest BCUT2D eigenvalue weighted by molar-refractivity contribution is 5.93. The molecule has 0 saturated heterocycles. The van der Waals surface area contributed by atoms with E-state index in [4.69, 9.17) is 14.2 Å². The predicted octanol–water partition coefficient (Wildman–Crippen LogP) is 3.22. The number of carbonyl (C=O) groups excluding carboxylic acids is 1. The van der Waals surface area contributed by atoms with E-state index in [2.05, 4.69) is 10.6 Å². The molecular formula is C20H26N2O4. The first-order valence-electron chi connectivity index (χ1n) is 8.50. The molecule has 0 aromatic heterocycles. The monoisotopic (exact) mass is 358 g/mol. The first-order chi connectivity index (χ1) is 12.5. The van der Waals surface area contributed by atoms with Crippen molar-refractivity contribution in [2.24, 2.45) is 0 Å². The second-order valence-corrected chi connectivity index (χ2v) is 6.03. The number of nitrogens with one attached hydrogen (secondary N) is 2. The number of hydrogen-bond acceptors (Lipinski definition) is 5. The topological polar surface area (TPSA) is 68.8 Å². The molecule has 2 N–H and O–H groups in total. The molecule has 2 aromatic carbocycles. The Hall–Kier alpha value is -2.73. The fraction of sp³-hybridized carbons (Fsp3) is 0.350. The molecule has 0 atom stereocenters. The number of ether oxygens (including phenoxy) is 3. The number of benzene rings is 2. The molecule has 0 bridgehead atoms. The summed E-state index contributed by atoms with van der Waals surface area (Å²) in [4.78, 5) is 12.2. The van der Waals surface area contributed by atoms with E-state index in [1.807, 2.05) is 38.1 Å². The van der Waals surface area contributed by atoms with E-state index in [1.54, 1.807) is 32.4 Å². The average Bonchev–Trinajstić information content (AvgIpc) is 2.62. The molecule has 140 valence electrons. The number of methoxy groups -OCH3 is 2. The van der Waals surface area contributed by atoms with Gasteiger partial charge in [0.2, 0.25) is 5.91 Å². The maximum Gasteiger partial charge on any atom is 0.238 e. The van der Waals surface area contributed by atoms with Gasteiger partial charge in [0, 0.05) is 12.6 Å². The lowest BCUT2D eigenvalue weighted by molar-refractivity contribution is -0.115. The Kier molecular flexibility index (Phi) is 7.29. The van der Waals surface area contributed by atoms with Crippen LogP contribution in [-0.4, -0.2) is 32.8 Å². The minimum absolute atomic E-state index is 0.149. The zero-order valence-corrected chi connectivity index (χ0v) is 15.7. The first-order valence-corrected chi connectivity index (χ1v) is 8.50. The van der Waals surface area contributed by atoms with Gasteiger partial charge in [-0.15, -0.1) is 0 Å².